The Balaban J connectivity index is 2.23. The first-order valence-electron chi connectivity index (χ1n) is 3.93. The molecule has 2 rings (SSSR count). The highest BCUT2D eigenvalue weighted by Crippen LogP contribution is 2.21. The number of hydrogen-bond donors (Lipinski definition) is 2. The second-order valence-electron chi connectivity index (χ2n) is 2.96. The number of aromatic nitrogens is 1. The molecule has 0 radical (unpaired) electrons. The summed E-state index contributed by atoms with van der Waals surface area (Å²) >= 11 is 5.82. The Hall–Kier alpha value is -0.960. The van der Waals surface area contributed by atoms with Crippen molar-refractivity contribution in [3.63, 3.8) is 0 Å². The number of nitrogens with zero attached hydrogens (tertiary/aromatic N) is 1. The minimum atomic E-state index is 0.104. The molecule has 1 heterocycles. The molecule has 0 bridgehead atoms. The molecule has 1 aromatic heterocycles. The first-order valence-corrected chi connectivity index (χ1v) is 4.31. The molecule has 12 heavy (non-hydrogen) atoms. The summed E-state index contributed by atoms with van der Waals surface area (Å²) in [6, 6.07) is 3.83. The van der Waals surface area contributed by atoms with Crippen LogP contribution in [0.1, 0.15) is 12.8 Å². The van der Waals surface area contributed by atoms with E-state index < -0.39 is 0 Å². The van der Waals surface area contributed by atoms with Crippen LogP contribution >= 0.6 is 11.6 Å². The molecule has 4 heteroatoms. The van der Waals surface area contributed by atoms with E-state index in [0.29, 0.717) is 11.2 Å². The molecule has 1 aliphatic carbocycles. The normalized spacial score (nSPS) is 16.1. The summed E-state index contributed by atoms with van der Waals surface area (Å²) in [4.78, 5) is 0. The molecule has 1 saturated carbocycles. The minimum absolute atomic E-state index is 0.104. The van der Waals surface area contributed by atoms with Gasteiger partial charge in [-0.1, -0.05) is 4.68 Å². The summed E-state index contributed by atoms with van der Waals surface area (Å²) in [6.45, 7) is 0. The second kappa shape index (κ2) is 2.83. The molecule has 0 unspecified atom stereocenters. The predicted molar refractivity (Wildman–Crippen MR) is 45.7 cm³/mol. The van der Waals surface area contributed by atoms with E-state index in [2.05, 4.69) is 5.43 Å². The largest absolute Gasteiger partial charge is 0.501 e. The highest BCUT2D eigenvalue weighted by atomic mass is 35.5. The van der Waals surface area contributed by atoms with Crippen LogP contribution < -0.4 is 10.1 Å². The average Bonchev–Trinajstić information content (AvgIpc) is 2.83. The zero-order chi connectivity index (χ0) is 8.55. The smallest absolute Gasteiger partial charge is 0.345 e. The van der Waals surface area contributed by atoms with Crippen LogP contribution in [-0.4, -0.2) is 11.1 Å². The maximum Gasteiger partial charge on any atom is 0.345 e. The Bertz CT molecular complexity index is 299. The number of nitrogens with one attached hydrogen (secondary N) is 1. The molecular weight excluding hydrogens is 176 g/mol. The van der Waals surface area contributed by atoms with E-state index in [-0.39, 0.29) is 5.75 Å². The lowest BCUT2D eigenvalue weighted by Crippen LogP contribution is -2.46. The van der Waals surface area contributed by atoms with E-state index in [0.717, 1.165) is 0 Å². The highest BCUT2D eigenvalue weighted by molar-refractivity contribution is 6.29. The lowest BCUT2D eigenvalue weighted by atomic mass is 10.5. The topological polar surface area (TPSA) is 36.1 Å². The second-order valence-corrected chi connectivity index (χ2v) is 3.32. The lowest BCUT2D eigenvalue weighted by molar-refractivity contribution is -0.649. The van der Waals surface area contributed by atoms with Gasteiger partial charge in [0, 0.05) is 6.07 Å². The van der Waals surface area contributed by atoms with E-state index in [4.69, 9.17) is 11.6 Å². The van der Waals surface area contributed by atoms with Gasteiger partial charge < -0.3 is 5.11 Å². The first kappa shape index (κ1) is 7.68. The van der Waals surface area contributed by atoms with Gasteiger partial charge in [-0.25, -0.2) is 0 Å². The van der Waals surface area contributed by atoms with Gasteiger partial charge in [-0.2, -0.15) is 5.43 Å². The molecule has 3 nitrogen and oxygen atoms in total. The summed E-state index contributed by atoms with van der Waals surface area (Å²) in [7, 11) is 0. The summed E-state index contributed by atoms with van der Waals surface area (Å²) in [5.41, 5.74) is 3.15. The third-order valence-electron chi connectivity index (χ3n) is 1.81. The van der Waals surface area contributed by atoms with Gasteiger partial charge in [0.1, 0.15) is 0 Å². The van der Waals surface area contributed by atoms with Crippen molar-refractivity contribution < 1.29 is 9.78 Å². The highest BCUT2D eigenvalue weighted by Gasteiger charge is 2.26. The maximum absolute atomic E-state index is 9.24. The molecule has 0 amide bonds. The van der Waals surface area contributed by atoms with Crippen LogP contribution in [-0.2, 0) is 0 Å². The van der Waals surface area contributed by atoms with Gasteiger partial charge in [0.2, 0.25) is 11.9 Å². The van der Waals surface area contributed by atoms with E-state index in [1.165, 1.54) is 12.8 Å². The van der Waals surface area contributed by atoms with Crippen molar-refractivity contribution in [1.82, 2.24) is 0 Å². The molecule has 0 spiro atoms. The summed E-state index contributed by atoms with van der Waals surface area (Å²) < 4.78 is 1.65. The Kier molecular flexibility index (Phi) is 1.81. The zero-order valence-corrected chi connectivity index (χ0v) is 7.25. The summed E-state index contributed by atoms with van der Waals surface area (Å²) in [6.07, 6.45) is 4.15. The van der Waals surface area contributed by atoms with Crippen molar-refractivity contribution in [3.8, 4) is 5.75 Å². The van der Waals surface area contributed by atoms with E-state index in [1.54, 1.807) is 23.0 Å². The van der Waals surface area contributed by atoms with Crippen molar-refractivity contribution >= 4 is 11.6 Å². The van der Waals surface area contributed by atoms with Crippen molar-refractivity contribution in [2.75, 3.05) is 5.43 Å². The van der Waals surface area contributed by atoms with E-state index in [1.807, 2.05) is 0 Å². The SMILES string of the molecule is Oc1ccc[n+](NC2CC2)c1Cl. The third kappa shape index (κ3) is 1.46. The quantitative estimate of drug-likeness (QED) is 0.534. The van der Waals surface area contributed by atoms with Gasteiger partial charge in [-0.15, -0.1) is 0 Å². The minimum Gasteiger partial charge on any atom is -0.501 e. The number of aromatic hydroxyl groups is 1. The molecule has 1 aromatic rings. The van der Waals surface area contributed by atoms with Gasteiger partial charge in [-0.05, 0) is 30.5 Å². The van der Waals surface area contributed by atoms with Gasteiger partial charge in [0.05, 0.1) is 6.04 Å². The molecule has 2 N–H and O–H groups in total. The van der Waals surface area contributed by atoms with Crippen LogP contribution in [0.5, 0.6) is 5.75 Å². The maximum atomic E-state index is 9.24. The fourth-order valence-electron chi connectivity index (χ4n) is 0.987. The molecular formula is C8H10ClN2O+. The van der Waals surface area contributed by atoms with Crippen LogP contribution in [0.25, 0.3) is 0 Å². The number of hydrogen-bond acceptors (Lipinski definition) is 2. The predicted octanol–water partition coefficient (Wildman–Crippen LogP) is 1.04. The molecule has 1 fully saturated rings. The Labute approximate surface area is 75.6 Å². The molecule has 0 saturated heterocycles. The van der Waals surface area contributed by atoms with Crippen LogP contribution in [0.2, 0.25) is 5.15 Å². The molecule has 0 aromatic carbocycles. The number of rotatable bonds is 2. The lowest BCUT2D eigenvalue weighted by Gasteiger charge is -1.99. The van der Waals surface area contributed by atoms with E-state index >= 15 is 0 Å². The van der Waals surface area contributed by atoms with Gasteiger partial charge in [0.25, 0.3) is 0 Å². The summed E-state index contributed by atoms with van der Waals surface area (Å²) in [5.74, 6) is 0.104. The molecule has 64 valence electrons. The Morgan fingerprint density at radius 3 is 3.00 bits per heavy atom. The molecule has 0 atom stereocenters. The summed E-state index contributed by atoms with van der Waals surface area (Å²) in [5, 5.41) is 9.58. The monoisotopic (exact) mass is 185 g/mol. The number of halogens is 1. The Morgan fingerprint density at radius 1 is 1.58 bits per heavy atom. The van der Waals surface area contributed by atoms with Crippen LogP contribution in [0.3, 0.4) is 0 Å². The van der Waals surface area contributed by atoms with Crippen molar-refractivity contribution in [3.05, 3.63) is 23.5 Å². The van der Waals surface area contributed by atoms with Gasteiger partial charge >= 0.3 is 5.15 Å². The van der Waals surface area contributed by atoms with E-state index in [9.17, 15) is 5.11 Å². The van der Waals surface area contributed by atoms with Gasteiger partial charge in [-0.3, -0.25) is 0 Å². The average molecular weight is 186 g/mol. The van der Waals surface area contributed by atoms with Crippen LogP contribution in [0.4, 0.5) is 0 Å². The standard InChI is InChI=1S/C8H9ClN2O/c9-8-7(12)2-1-5-11(8)10-6-3-4-6/h1-2,5-6,10H,3-4H2/p+1. The molecule has 0 aliphatic heterocycles. The Morgan fingerprint density at radius 2 is 2.33 bits per heavy atom. The zero-order valence-electron chi connectivity index (χ0n) is 6.50. The fraction of sp³-hybridized carbons (Fsp3) is 0.375. The van der Waals surface area contributed by atoms with Gasteiger partial charge in [0.15, 0.2) is 0 Å². The molecule has 1 aliphatic rings. The van der Waals surface area contributed by atoms with Crippen LogP contribution in [0.15, 0.2) is 18.3 Å². The van der Waals surface area contributed by atoms with Crippen molar-refractivity contribution in [2.24, 2.45) is 0 Å². The van der Waals surface area contributed by atoms with Crippen molar-refractivity contribution in [2.45, 2.75) is 18.9 Å². The number of pyridine rings is 1. The third-order valence-corrected chi connectivity index (χ3v) is 2.19. The van der Waals surface area contributed by atoms with Crippen LogP contribution in [0, 0.1) is 0 Å². The first-order chi connectivity index (χ1) is 5.77. The fourth-order valence-corrected chi connectivity index (χ4v) is 1.15. The van der Waals surface area contributed by atoms with Crippen molar-refractivity contribution in [1.29, 1.82) is 0 Å².